The monoisotopic (exact) mass is 416 g/mol. The van der Waals surface area contributed by atoms with Gasteiger partial charge in [-0.25, -0.2) is 13.4 Å². The number of sulfonamides is 1. The summed E-state index contributed by atoms with van der Waals surface area (Å²) >= 11 is 6.03. The van der Waals surface area contributed by atoms with Crippen LogP contribution in [0.1, 0.15) is 16.7 Å². The zero-order valence-corrected chi connectivity index (χ0v) is 17.2. The number of halogens is 1. The van der Waals surface area contributed by atoms with Crippen molar-refractivity contribution in [2.45, 2.75) is 24.7 Å². The number of aryl methyl sites for hydroxylation is 2. The quantitative estimate of drug-likeness (QED) is 0.609. The molecule has 0 fully saturated rings. The standard InChI is InChI=1S/C21H21ClN2O3S/c1-15-19(22)4-3-5-20(15)28(25,26)24-21-13-10-17(14-23-21)7-6-16-8-11-18(27-2)12-9-16/h3-5,8-14H,6-7H2,1-2H3,(H,23,24). The molecule has 1 aromatic heterocycles. The van der Waals surface area contributed by atoms with E-state index in [1.807, 2.05) is 30.3 Å². The Kier molecular flexibility index (Phi) is 6.21. The third kappa shape index (κ3) is 4.82. The van der Waals surface area contributed by atoms with Gasteiger partial charge in [0.25, 0.3) is 10.0 Å². The zero-order valence-electron chi connectivity index (χ0n) is 15.6. The summed E-state index contributed by atoms with van der Waals surface area (Å²) in [6.45, 7) is 1.67. The van der Waals surface area contributed by atoms with Crippen LogP contribution in [0.5, 0.6) is 5.75 Å². The molecule has 0 bridgehead atoms. The van der Waals surface area contributed by atoms with E-state index in [0.717, 1.165) is 24.2 Å². The van der Waals surface area contributed by atoms with Gasteiger partial charge in [-0.1, -0.05) is 35.9 Å². The van der Waals surface area contributed by atoms with Crippen molar-refractivity contribution < 1.29 is 13.2 Å². The molecule has 7 heteroatoms. The molecule has 0 atom stereocenters. The number of benzene rings is 2. The zero-order chi connectivity index (χ0) is 20.1. The van der Waals surface area contributed by atoms with E-state index in [-0.39, 0.29) is 10.7 Å². The van der Waals surface area contributed by atoms with Crippen LogP contribution in [0.4, 0.5) is 5.82 Å². The maximum atomic E-state index is 12.6. The van der Waals surface area contributed by atoms with Crippen molar-refractivity contribution in [1.29, 1.82) is 0 Å². The van der Waals surface area contributed by atoms with E-state index in [2.05, 4.69) is 9.71 Å². The minimum atomic E-state index is -3.75. The fourth-order valence-corrected chi connectivity index (χ4v) is 4.29. The molecule has 2 aromatic carbocycles. The van der Waals surface area contributed by atoms with Crippen LogP contribution in [-0.4, -0.2) is 20.5 Å². The highest BCUT2D eigenvalue weighted by Gasteiger charge is 2.18. The summed E-state index contributed by atoms with van der Waals surface area (Å²) in [7, 11) is -2.11. The molecule has 3 aromatic rings. The Balaban J connectivity index is 1.66. The molecule has 5 nitrogen and oxygen atoms in total. The van der Waals surface area contributed by atoms with Gasteiger partial charge in [-0.15, -0.1) is 0 Å². The van der Waals surface area contributed by atoms with Crippen LogP contribution in [0.3, 0.4) is 0 Å². The largest absolute Gasteiger partial charge is 0.497 e. The molecule has 0 saturated heterocycles. The molecule has 0 saturated carbocycles. The predicted molar refractivity (Wildman–Crippen MR) is 112 cm³/mol. The van der Waals surface area contributed by atoms with Crippen molar-refractivity contribution >= 4 is 27.4 Å². The van der Waals surface area contributed by atoms with Crippen molar-refractivity contribution in [2.75, 3.05) is 11.8 Å². The second kappa shape index (κ2) is 8.63. The molecule has 0 amide bonds. The van der Waals surface area contributed by atoms with Gasteiger partial charge < -0.3 is 4.74 Å². The molecular formula is C21H21ClN2O3S. The van der Waals surface area contributed by atoms with Gasteiger partial charge in [-0.05, 0) is 66.8 Å². The average molecular weight is 417 g/mol. The molecule has 1 heterocycles. The molecule has 0 aliphatic heterocycles. The fraction of sp³-hybridized carbons (Fsp3) is 0.190. The summed E-state index contributed by atoms with van der Waals surface area (Å²) in [6, 6.07) is 16.3. The van der Waals surface area contributed by atoms with Gasteiger partial charge in [-0.2, -0.15) is 0 Å². The Hall–Kier alpha value is -2.57. The highest BCUT2D eigenvalue weighted by molar-refractivity contribution is 7.92. The molecule has 3 rings (SSSR count). The summed E-state index contributed by atoms with van der Waals surface area (Å²) in [4.78, 5) is 4.38. The van der Waals surface area contributed by atoms with Crippen LogP contribution in [0.25, 0.3) is 0 Å². The number of rotatable bonds is 7. The number of aromatic nitrogens is 1. The van der Waals surface area contributed by atoms with Gasteiger partial charge >= 0.3 is 0 Å². The highest BCUT2D eigenvalue weighted by Crippen LogP contribution is 2.24. The van der Waals surface area contributed by atoms with Gasteiger partial charge in [0.1, 0.15) is 11.6 Å². The van der Waals surface area contributed by atoms with E-state index in [1.165, 1.54) is 11.6 Å². The summed E-state index contributed by atoms with van der Waals surface area (Å²) in [5, 5.41) is 0.407. The molecule has 0 aliphatic rings. The Morgan fingerprint density at radius 1 is 1.00 bits per heavy atom. The lowest BCUT2D eigenvalue weighted by Crippen LogP contribution is -2.15. The topological polar surface area (TPSA) is 68.3 Å². The van der Waals surface area contributed by atoms with Gasteiger partial charge in [-0.3, -0.25) is 4.72 Å². The van der Waals surface area contributed by atoms with E-state index >= 15 is 0 Å². The number of anilines is 1. The number of nitrogens with zero attached hydrogens (tertiary/aromatic N) is 1. The van der Waals surface area contributed by atoms with Crippen molar-refractivity contribution in [3.63, 3.8) is 0 Å². The molecule has 0 aliphatic carbocycles. The minimum absolute atomic E-state index is 0.144. The number of ether oxygens (including phenoxy) is 1. The van der Waals surface area contributed by atoms with Gasteiger partial charge in [0.05, 0.1) is 12.0 Å². The molecule has 28 heavy (non-hydrogen) atoms. The Bertz CT molecular complexity index is 1050. The molecule has 0 radical (unpaired) electrons. The molecule has 0 spiro atoms. The second-order valence-electron chi connectivity index (χ2n) is 6.37. The van der Waals surface area contributed by atoms with E-state index < -0.39 is 10.0 Å². The van der Waals surface area contributed by atoms with Gasteiger partial charge in [0.15, 0.2) is 0 Å². The molecule has 0 unspecified atom stereocenters. The Morgan fingerprint density at radius 3 is 2.32 bits per heavy atom. The first-order valence-corrected chi connectivity index (χ1v) is 10.6. The third-order valence-electron chi connectivity index (χ3n) is 4.43. The first kappa shape index (κ1) is 20.2. The summed E-state index contributed by atoms with van der Waals surface area (Å²) in [5.41, 5.74) is 2.73. The van der Waals surface area contributed by atoms with E-state index in [9.17, 15) is 8.42 Å². The highest BCUT2D eigenvalue weighted by atomic mass is 35.5. The number of pyridine rings is 1. The average Bonchev–Trinajstić information content (AvgIpc) is 2.69. The smallest absolute Gasteiger partial charge is 0.263 e. The molecular weight excluding hydrogens is 396 g/mol. The SMILES string of the molecule is COc1ccc(CCc2ccc(NS(=O)(=O)c3cccc(Cl)c3C)nc2)cc1. The van der Waals surface area contributed by atoms with Gasteiger partial charge in [0, 0.05) is 11.2 Å². The van der Waals surface area contributed by atoms with E-state index in [1.54, 1.807) is 38.4 Å². The van der Waals surface area contributed by atoms with Gasteiger partial charge in [0.2, 0.25) is 0 Å². The van der Waals surface area contributed by atoms with Crippen molar-refractivity contribution in [3.8, 4) is 5.75 Å². The lowest BCUT2D eigenvalue weighted by molar-refractivity contribution is 0.414. The minimum Gasteiger partial charge on any atom is -0.497 e. The lowest BCUT2D eigenvalue weighted by atomic mass is 10.1. The first-order valence-electron chi connectivity index (χ1n) is 8.75. The maximum Gasteiger partial charge on any atom is 0.263 e. The van der Waals surface area contributed by atoms with Crippen LogP contribution < -0.4 is 9.46 Å². The number of nitrogens with one attached hydrogen (secondary N) is 1. The summed E-state index contributed by atoms with van der Waals surface area (Å²) in [6.07, 6.45) is 3.35. The predicted octanol–water partition coefficient (Wildman–Crippen LogP) is 4.64. The van der Waals surface area contributed by atoms with Crippen molar-refractivity contribution in [3.05, 3.63) is 82.5 Å². The number of methoxy groups -OCH3 is 1. The van der Waals surface area contributed by atoms with Crippen LogP contribution >= 0.6 is 11.6 Å². The van der Waals surface area contributed by atoms with Crippen LogP contribution in [-0.2, 0) is 22.9 Å². The fourth-order valence-electron chi connectivity index (χ4n) is 2.79. The Labute approximate surface area is 170 Å². The van der Waals surface area contributed by atoms with Crippen LogP contribution in [0.2, 0.25) is 5.02 Å². The second-order valence-corrected chi connectivity index (χ2v) is 8.43. The maximum absolute atomic E-state index is 12.6. The van der Waals surface area contributed by atoms with E-state index in [0.29, 0.717) is 10.6 Å². The Morgan fingerprint density at radius 2 is 1.68 bits per heavy atom. The van der Waals surface area contributed by atoms with Crippen molar-refractivity contribution in [1.82, 2.24) is 4.98 Å². The summed E-state index contributed by atoms with van der Waals surface area (Å²) < 4.78 is 32.9. The van der Waals surface area contributed by atoms with Crippen molar-refractivity contribution in [2.24, 2.45) is 0 Å². The molecule has 146 valence electrons. The third-order valence-corrected chi connectivity index (χ3v) is 6.34. The summed E-state index contributed by atoms with van der Waals surface area (Å²) in [5.74, 6) is 1.10. The molecule has 1 N–H and O–H groups in total. The van der Waals surface area contributed by atoms with Crippen LogP contribution in [0, 0.1) is 6.92 Å². The first-order chi connectivity index (χ1) is 13.4. The normalized spacial score (nSPS) is 11.2. The lowest BCUT2D eigenvalue weighted by Gasteiger charge is -2.11. The number of hydrogen-bond acceptors (Lipinski definition) is 4. The van der Waals surface area contributed by atoms with Crippen LogP contribution in [0.15, 0.2) is 65.7 Å². The number of hydrogen-bond donors (Lipinski definition) is 1. The van der Waals surface area contributed by atoms with E-state index in [4.69, 9.17) is 16.3 Å².